The summed E-state index contributed by atoms with van der Waals surface area (Å²) in [5, 5.41) is 4.61. The van der Waals surface area contributed by atoms with Crippen molar-refractivity contribution in [1.29, 1.82) is 0 Å². The summed E-state index contributed by atoms with van der Waals surface area (Å²) in [5.41, 5.74) is 0. The lowest BCUT2D eigenvalue weighted by Gasteiger charge is -2.20. The Bertz CT molecular complexity index is 153. The van der Waals surface area contributed by atoms with Crippen LogP contribution in [0.3, 0.4) is 0 Å². The fraction of sp³-hybridized carbons (Fsp3) is 0.800. The van der Waals surface area contributed by atoms with Gasteiger partial charge in [0.1, 0.15) is 0 Å². The molecule has 2 aliphatic rings. The van der Waals surface area contributed by atoms with E-state index in [0.717, 1.165) is 18.4 Å². The largest absolute Gasteiger partial charge is 0.234 e. The van der Waals surface area contributed by atoms with Gasteiger partial charge in [-0.3, -0.25) is 0 Å². The Morgan fingerprint density at radius 1 is 1.36 bits per heavy atom. The van der Waals surface area contributed by atoms with Gasteiger partial charge in [0.05, 0.1) is 0 Å². The van der Waals surface area contributed by atoms with Crippen LogP contribution in [-0.4, -0.2) is 12.6 Å². The summed E-state index contributed by atoms with van der Waals surface area (Å²) in [6, 6.07) is 0.701. The molecule has 0 heterocycles. The van der Waals surface area contributed by atoms with E-state index < -0.39 is 0 Å². The molecule has 2 rings (SSSR count). The number of hydrogen-bond acceptors (Lipinski definition) is 0. The van der Waals surface area contributed by atoms with Crippen molar-refractivity contribution in [3.63, 3.8) is 0 Å². The Morgan fingerprint density at radius 3 is 2.82 bits per heavy atom. The highest BCUT2D eigenvalue weighted by Gasteiger charge is 2.39. The van der Waals surface area contributed by atoms with Crippen LogP contribution in [0.4, 0.5) is 0 Å². The zero-order valence-electron chi connectivity index (χ0n) is 7.00. The maximum atomic E-state index is 4.61. The predicted octanol–water partition coefficient (Wildman–Crippen LogP) is 1.97. The van der Waals surface area contributed by atoms with E-state index in [4.69, 9.17) is 0 Å². The molecule has 61 valence electrons. The van der Waals surface area contributed by atoms with E-state index in [1.807, 2.05) is 6.08 Å². The molecule has 0 spiro atoms. The van der Waals surface area contributed by atoms with E-state index in [1.165, 1.54) is 25.7 Å². The molecule has 0 saturated heterocycles. The topological polar surface area (TPSA) is 14.1 Å². The third kappa shape index (κ3) is 1.34. The third-order valence-corrected chi connectivity index (χ3v) is 3.17. The summed E-state index contributed by atoms with van der Waals surface area (Å²) < 4.78 is 0. The van der Waals surface area contributed by atoms with Crippen LogP contribution in [0.25, 0.3) is 0 Å². The fourth-order valence-corrected chi connectivity index (χ4v) is 2.64. The van der Waals surface area contributed by atoms with Crippen LogP contribution in [0.2, 0.25) is 0 Å². The second-order valence-corrected chi connectivity index (χ2v) is 3.90. The van der Waals surface area contributed by atoms with Gasteiger partial charge in [0, 0.05) is 12.6 Å². The van der Waals surface area contributed by atoms with Gasteiger partial charge in [0.25, 0.3) is 0 Å². The van der Waals surface area contributed by atoms with E-state index >= 15 is 0 Å². The van der Waals surface area contributed by atoms with Crippen molar-refractivity contribution < 1.29 is 0 Å². The molecule has 1 nitrogen and oxygen atoms in total. The minimum Gasteiger partial charge on any atom is -0.234 e. The normalized spacial score (nSPS) is 41.3. The van der Waals surface area contributed by atoms with Crippen molar-refractivity contribution in [1.82, 2.24) is 5.32 Å². The molecule has 2 fully saturated rings. The molecule has 1 radical (unpaired) electrons. The number of fused-ring (bicyclic) bond motifs is 2. The van der Waals surface area contributed by atoms with Gasteiger partial charge in [-0.05, 0) is 31.1 Å². The van der Waals surface area contributed by atoms with Gasteiger partial charge in [-0.25, -0.2) is 5.32 Å². The molecule has 0 amide bonds. The zero-order valence-corrected chi connectivity index (χ0v) is 7.00. The summed E-state index contributed by atoms with van der Waals surface area (Å²) >= 11 is 0. The fourth-order valence-electron chi connectivity index (χ4n) is 2.64. The Kier molecular flexibility index (Phi) is 1.99. The van der Waals surface area contributed by atoms with Crippen molar-refractivity contribution in [2.24, 2.45) is 11.8 Å². The Balaban J connectivity index is 1.83. The molecule has 1 heteroatoms. The average molecular weight is 150 g/mol. The first kappa shape index (κ1) is 7.35. The molecular formula is C10H16N. The molecule has 3 unspecified atom stereocenters. The van der Waals surface area contributed by atoms with Crippen LogP contribution in [-0.2, 0) is 0 Å². The van der Waals surface area contributed by atoms with E-state index in [1.54, 1.807) is 0 Å². The minimum absolute atomic E-state index is 0.701. The van der Waals surface area contributed by atoms with Crippen LogP contribution in [0.5, 0.6) is 0 Å². The lowest BCUT2D eigenvalue weighted by Crippen LogP contribution is -2.27. The maximum Gasteiger partial charge on any atom is 0.0314 e. The van der Waals surface area contributed by atoms with Gasteiger partial charge >= 0.3 is 0 Å². The van der Waals surface area contributed by atoms with Crippen molar-refractivity contribution >= 4 is 0 Å². The average Bonchev–Trinajstić information content (AvgIpc) is 2.60. The molecule has 0 aromatic rings. The Hall–Kier alpha value is -0.300. The molecule has 0 aromatic heterocycles. The molecule has 2 aliphatic carbocycles. The Labute approximate surface area is 68.9 Å². The van der Waals surface area contributed by atoms with E-state index in [9.17, 15) is 0 Å². The summed E-state index contributed by atoms with van der Waals surface area (Å²) in [5.74, 6) is 1.97. The highest BCUT2D eigenvalue weighted by Crippen LogP contribution is 2.44. The monoisotopic (exact) mass is 150 g/mol. The van der Waals surface area contributed by atoms with E-state index in [0.29, 0.717) is 6.04 Å². The molecule has 3 atom stereocenters. The first-order valence-corrected chi connectivity index (χ1v) is 4.67. The molecular weight excluding hydrogens is 134 g/mol. The molecule has 0 N–H and O–H groups in total. The van der Waals surface area contributed by atoms with Gasteiger partial charge in [-0.15, -0.1) is 6.58 Å². The second kappa shape index (κ2) is 2.98. The summed E-state index contributed by atoms with van der Waals surface area (Å²) in [4.78, 5) is 0. The second-order valence-electron chi connectivity index (χ2n) is 3.90. The van der Waals surface area contributed by atoms with Crippen LogP contribution in [0.15, 0.2) is 12.7 Å². The molecule has 0 aliphatic heterocycles. The van der Waals surface area contributed by atoms with Gasteiger partial charge < -0.3 is 0 Å². The molecule has 0 aromatic carbocycles. The smallest absolute Gasteiger partial charge is 0.0314 e. The molecule has 2 bridgehead atoms. The van der Waals surface area contributed by atoms with Gasteiger partial charge in [0.15, 0.2) is 0 Å². The van der Waals surface area contributed by atoms with E-state index in [2.05, 4.69) is 11.9 Å². The summed E-state index contributed by atoms with van der Waals surface area (Å²) in [6.45, 7) is 4.56. The zero-order chi connectivity index (χ0) is 7.68. The van der Waals surface area contributed by atoms with Crippen LogP contribution in [0, 0.1) is 11.8 Å². The van der Waals surface area contributed by atoms with Crippen molar-refractivity contribution in [2.45, 2.75) is 31.7 Å². The number of nitrogens with zero attached hydrogens (tertiary/aromatic N) is 1. The van der Waals surface area contributed by atoms with Crippen LogP contribution < -0.4 is 5.32 Å². The SMILES string of the molecule is C=CC[N]C1CC2CCC1C2. The first-order valence-electron chi connectivity index (χ1n) is 4.67. The Morgan fingerprint density at radius 2 is 2.27 bits per heavy atom. The minimum atomic E-state index is 0.701. The summed E-state index contributed by atoms with van der Waals surface area (Å²) in [7, 11) is 0. The highest BCUT2D eigenvalue weighted by molar-refractivity contribution is 4.94. The third-order valence-electron chi connectivity index (χ3n) is 3.17. The number of rotatable bonds is 3. The quantitative estimate of drug-likeness (QED) is 0.546. The molecule has 2 saturated carbocycles. The van der Waals surface area contributed by atoms with Gasteiger partial charge in [0.2, 0.25) is 0 Å². The highest BCUT2D eigenvalue weighted by atomic mass is 14.9. The van der Waals surface area contributed by atoms with Crippen molar-refractivity contribution in [3.05, 3.63) is 12.7 Å². The standard InChI is InChI=1S/C10H16N/c1-2-5-11-10-7-8-3-4-9(10)6-8/h2,8-10H,1,3-7H2. The van der Waals surface area contributed by atoms with Gasteiger partial charge in [-0.1, -0.05) is 12.5 Å². The van der Waals surface area contributed by atoms with Gasteiger partial charge in [-0.2, -0.15) is 0 Å². The van der Waals surface area contributed by atoms with Crippen molar-refractivity contribution in [2.75, 3.05) is 6.54 Å². The number of hydrogen-bond donors (Lipinski definition) is 0. The lowest BCUT2D eigenvalue weighted by molar-refractivity contribution is 0.357. The molecule has 11 heavy (non-hydrogen) atoms. The van der Waals surface area contributed by atoms with E-state index in [-0.39, 0.29) is 0 Å². The summed E-state index contributed by atoms with van der Waals surface area (Å²) in [6.07, 6.45) is 7.66. The lowest BCUT2D eigenvalue weighted by atomic mass is 9.95. The van der Waals surface area contributed by atoms with Crippen LogP contribution >= 0.6 is 0 Å². The first-order chi connectivity index (χ1) is 5.40. The predicted molar refractivity (Wildman–Crippen MR) is 46.4 cm³/mol. The maximum absolute atomic E-state index is 4.61. The van der Waals surface area contributed by atoms with Crippen molar-refractivity contribution in [3.8, 4) is 0 Å². The van der Waals surface area contributed by atoms with Crippen LogP contribution in [0.1, 0.15) is 25.7 Å².